The van der Waals surface area contributed by atoms with Crippen molar-refractivity contribution in [3.8, 4) is 0 Å². The van der Waals surface area contributed by atoms with E-state index in [4.69, 9.17) is 4.74 Å². The van der Waals surface area contributed by atoms with Crippen LogP contribution in [0.3, 0.4) is 0 Å². The molecule has 0 saturated carbocycles. The second-order valence-corrected chi connectivity index (χ2v) is 3.34. The van der Waals surface area contributed by atoms with Crippen LogP contribution in [0, 0.1) is 0 Å². The van der Waals surface area contributed by atoms with E-state index in [1.807, 2.05) is 6.07 Å². The molecule has 15 heavy (non-hydrogen) atoms. The van der Waals surface area contributed by atoms with Crippen LogP contribution in [0.25, 0.3) is 5.32 Å². The maximum atomic E-state index is 4.97. The number of benzene rings is 1. The molecule has 0 unspecified atom stereocenters. The monoisotopic (exact) mass is 199 g/mol. The van der Waals surface area contributed by atoms with E-state index >= 15 is 0 Å². The van der Waals surface area contributed by atoms with Crippen molar-refractivity contribution in [2.24, 2.45) is 0 Å². The summed E-state index contributed by atoms with van der Waals surface area (Å²) >= 11 is 0. The Morgan fingerprint density at radius 3 is 2.53 bits per heavy atom. The molecule has 3 heteroatoms. The van der Waals surface area contributed by atoms with Crippen molar-refractivity contribution in [3.63, 3.8) is 0 Å². The fourth-order valence-corrected chi connectivity index (χ4v) is 1.33. The molecule has 1 rings (SSSR count). The van der Waals surface area contributed by atoms with E-state index in [-0.39, 0.29) is 18.9 Å². The van der Waals surface area contributed by atoms with Crippen LogP contribution in [0.4, 0.5) is 0 Å². The topological polar surface area (TPSA) is 23.3 Å². The van der Waals surface area contributed by atoms with Gasteiger partial charge < -0.3 is 10.1 Å². The fourth-order valence-electron chi connectivity index (χ4n) is 1.33. The first-order valence-electron chi connectivity index (χ1n) is 5.05. The Kier molecular flexibility index (Phi) is 8.84. The standard InChI is InChI=1S/C12H18NO.Li/c1-11(13-9-6-10-14-2)12-7-4-3-5-8-12;/h3-5,7-8,11H,6,9-10H2,1-2H3;/q-1;+1/t11-;/m0./s1. The van der Waals surface area contributed by atoms with E-state index in [1.54, 1.807) is 7.11 Å². The first-order valence-corrected chi connectivity index (χ1v) is 5.05. The molecule has 0 aliphatic rings. The van der Waals surface area contributed by atoms with Crippen LogP contribution in [0.2, 0.25) is 0 Å². The molecule has 0 N–H and O–H groups in total. The van der Waals surface area contributed by atoms with Gasteiger partial charge in [-0.15, -0.1) is 12.6 Å². The maximum absolute atomic E-state index is 4.97. The second kappa shape index (κ2) is 9.00. The molecule has 1 aromatic rings. The molecule has 78 valence electrons. The van der Waals surface area contributed by atoms with Gasteiger partial charge in [0.15, 0.2) is 0 Å². The van der Waals surface area contributed by atoms with Gasteiger partial charge in [0.1, 0.15) is 0 Å². The minimum absolute atomic E-state index is 0. The number of hydrogen-bond donors (Lipinski definition) is 0. The quantitative estimate of drug-likeness (QED) is 0.473. The minimum Gasteiger partial charge on any atom is -0.656 e. The Morgan fingerprint density at radius 2 is 1.93 bits per heavy atom. The third kappa shape index (κ3) is 6.02. The summed E-state index contributed by atoms with van der Waals surface area (Å²) in [6, 6.07) is 10.7. The number of rotatable bonds is 6. The van der Waals surface area contributed by atoms with Crippen molar-refractivity contribution in [1.29, 1.82) is 0 Å². The number of hydrogen-bond acceptors (Lipinski definition) is 1. The first kappa shape index (κ1) is 14.7. The molecule has 1 atom stereocenters. The van der Waals surface area contributed by atoms with Gasteiger partial charge in [0.2, 0.25) is 0 Å². The van der Waals surface area contributed by atoms with Crippen LogP contribution >= 0.6 is 0 Å². The van der Waals surface area contributed by atoms with Gasteiger partial charge in [-0.05, 0) is 6.42 Å². The summed E-state index contributed by atoms with van der Waals surface area (Å²) in [7, 11) is 1.72. The summed E-state index contributed by atoms with van der Waals surface area (Å²) in [4.78, 5) is 0. The molecule has 0 aliphatic carbocycles. The van der Waals surface area contributed by atoms with E-state index in [9.17, 15) is 0 Å². The minimum atomic E-state index is 0. The molecule has 0 saturated heterocycles. The molecule has 0 radical (unpaired) electrons. The molecule has 0 amide bonds. The largest absolute Gasteiger partial charge is 1.00 e. The molecule has 0 bridgehead atoms. The molecule has 0 aliphatic heterocycles. The number of nitrogens with zero attached hydrogens (tertiary/aromatic N) is 1. The van der Waals surface area contributed by atoms with Gasteiger partial charge in [-0.3, -0.25) is 0 Å². The third-order valence-electron chi connectivity index (χ3n) is 2.19. The van der Waals surface area contributed by atoms with Gasteiger partial charge in [-0.1, -0.05) is 42.8 Å². The van der Waals surface area contributed by atoms with E-state index in [1.165, 1.54) is 5.56 Å². The summed E-state index contributed by atoms with van der Waals surface area (Å²) in [6.07, 6.45) is 1.01. The molecule has 0 aromatic heterocycles. The van der Waals surface area contributed by atoms with Gasteiger partial charge in [0, 0.05) is 13.7 Å². The van der Waals surface area contributed by atoms with Crippen molar-refractivity contribution in [1.82, 2.24) is 0 Å². The third-order valence-corrected chi connectivity index (χ3v) is 2.19. The molecule has 0 fully saturated rings. The van der Waals surface area contributed by atoms with Crippen LogP contribution in [-0.4, -0.2) is 20.3 Å². The van der Waals surface area contributed by atoms with Crippen LogP contribution < -0.4 is 18.9 Å². The zero-order valence-corrected chi connectivity index (χ0v) is 9.94. The zero-order valence-electron chi connectivity index (χ0n) is 9.94. The van der Waals surface area contributed by atoms with E-state index < -0.39 is 0 Å². The van der Waals surface area contributed by atoms with Crippen molar-refractivity contribution < 1.29 is 23.6 Å². The van der Waals surface area contributed by atoms with Gasteiger partial charge in [0.05, 0.1) is 0 Å². The predicted molar refractivity (Wildman–Crippen MR) is 59.6 cm³/mol. The van der Waals surface area contributed by atoms with Crippen LogP contribution in [0.5, 0.6) is 0 Å². The SMILES string of the molecule is COCCC[N-][C@@H](C)c1ccccc1.[Li+]. The Hall–Kier alpha value is -0.263. The van der Waals surface area contributed by atoms with E-state index in [0.717, 1.165) is 19.6 Å². The maximum Gasteiger partial charge on any atom is 1.00 e. The van der Waals surface area contributed by atoms with Crippen molar-refractivity contribution >= 4 is 0 Å². The smallest absolute Gasteiger partial charge is 0.656 e. The average molecular weight is 199 g/mol. The normalized spacial score (nSPS) is 11.9. The fraction of sp³-hybridized carbons (Fsp3) is 0.500. The summed E-state index contributed by atoms with van der Waals surface area (Å²) in [5.41, 5.74) is 1.28. The Balaban J connectivity index is 0.00000196. The summed E-state index contributed by atoms with van der Waals surface area (Å²) < 4.78 is 4.97. The summed E-state index contributed by atoms with van der Waals surface area (Å²) in [5.74, 6) is 0. The molecule has 2 nitrogen and oxygen atoms in total. The van der Waals surface area contributed by atoms with Crippen molar-refractivity contribution in [2.45, 2.75) is 19.4 Å². The molecule has 1 aromatic carbocycles. The second-order valence-electron chi connectivity index (χ2n) is 3.34. The predicted octanol–water partition coefficient (Wildman–Crippen LogP) is 0.162. The Labute approximate surface area is 105 Å². The first-order chi connectivity index (χ1) is 6.84. The van der Waals surface area contributed by atoms with Crippen LogP contribution in [-0.2, 0) is 4.74 Å². The Bertz CT molecular complexity index is 241. The van der Waals surface area contributed by atoms with Gasteiger partial charge in [-0.25, -0.2) is 0 Å². The Morgan fingerprint density at radius 1 is 1.27 bits per heavy atom. The summed E-state index contributed by atoms with van der Waals surface area (Å²) in [5, 5.41) is 4.55. The van der Waals surface area contributed by atoms with Crippen LogP contribution in [0.15, 0.2) is 30.3 Å². The average Bonchev–Trinajstić information content (AvgIpc) is 2.25. The van der Waals surface area contributed by atoms with Crippen molar-refractivity contribution in [2.75, 3.05) is 20.3 Å². The van der Waals surface area contributed by atoms with E-state index in [0.29, 0.717) is 6.04 Å². The van der Waals surface area contributed by atoms with E-state index in [2.05, 4.69) is 36.5 Å². The zero-order chi connectivity index (χ0) is 10.2. The number of ether oxygens (including phenoxy) is 1. The van der Waals surface area contributed by atoms with Gasteiger partial charge in [-0.2, -0.15) is 0 Å². The molecule has 0 heterocycles. The molecular formula is C12H18LiNO. The summed E-state index contributed by atoms with van der Waals surface area (Å²) in [6.45, 7) is 3.80. The van der Waals surface area contributed by atoms with Gasteiger partial charge >= 0.3 is 18.9 Å². The van der Waals surface area contributed by atoms with Crippen molar-refractivity contribution in [3.05, 3.63) is 41.2 Å². The van der Waals surface area contributed by atoms with Crippen LogP contribution in [0.1, 0.15) is 24.9 Å². The number of methoxy groups -OCH3 is 1. The van der Waals surface area contributed by atoms with Gasteiger partial charge in [0.25, 0.3) is 0 Å². The molecular weight excluding hydrogens is 181 g/mol. The molecule has 0 spiro atoms.